The van der Waals surface area contributed by atoms with E-state index in [2.05, 4.69) is 4.57 Å². The van der Waals surface area contributed by atoms with E-state index >= 15 is 0 Å². The van der Waals surface area contributed by atoms with Crippen molar-refractivity contribution < 1.29 is 14.5 Å². The summed E-state index contributed by atoms with van der Waals surface area (Å²) in [6, 6.07) is 25.5. The van der Waals surface area contributed by atoms with Crippen molar-refractivity contribution in [2.45, 2.75) is 33.4 Å². The van der Waals surface area contributed by atoms with Crippen LogP contribution in [-0.2, 0) is 11.3 Å². The van der Waals surface area contributed by atoms with E-state index < -0.39 is 11.0 Å². The van der Waals surface area contributed by atoms with Crippen molar-refractivity contribution in [2.75, 3.05) is 20.2 Å². The molecule has 0 unspecified atom stereocenters. The van der Waals surface area contributed by atoms with Gasteiger partial charge in [-0.25, -0.2) is 4.99 Å². The molecule has 0 spiro atoms. The number of hydrogen-bond donors (Lipinski definition) is 0. The number of non-ortho nitro benzene ring substituents is 1. The van der Waals surface area contributed by atoms with Gasteiger partial charge >= 0.3 is 0 Å². The molecule has 2 aromatic heterocycles. The molecule has 0 N–H and O–H groups in total. The van der Waals surface area contributed by atoms with E-state index in [4.69, 9.17) is 9.73 Å². The zero-order valence-corrected chi connectivity index (χ0v) is 28.9. The highest BCUT2D eigenvalue weighted by Gasteiger charge is 2.36. The van der Waals surface area contributed by atoms with Crippen molar-refractivity contribution in [2.24, 2.45) is 4.99 Å². The van der Waals surface area contributed by atoms with E-state index in [1.54, 1.807) is 28.7 Å². The molecule has 4 aromatic carbocycles. The number of carbonyl (C=O) groups is 1. The summed E-state index contributed by atoms with van der Waals surface area (Å²) >= 11 is 1.29. The fourth-order valence-corrected chi connectivity index (χ4v) is 7.90. The van der Waals surface area contributed by atoms with Crippen molar-refractivity contribution in [1.82, 2.24) is 14.0 Å². The smallest absolute Gasteiger partial charge is 0.271 e. The van der Waals surface area contributed by atoms with Crippen molar-refractivity contribution in [1.29, 1.82) is 0 Å². The molecule has 10 nitrogen and oxygen atoms in total. The highest BCUT2D eigenvalue weighted by molar-refractivity contribution is 7.07. The maximum Gasteiger partial charge on any atom is 0.271 e. The van der Waals surface area contributed by atoms with Gasteiger partial charge in [-0.15, -0.1) is 0 Å². The van der Waals surface area contributed by atoms with Crippen LogP contribution in [0.3, 0.4) is 0 Å². The van der Waals surface area contributed by atoms with Crippen molar-refractivity contribution >= 4 is 50.7 Å². The van der Waals surface area contributed by atoms with E-state index in [9.17, 15) is 19.7 Å². The zero-order valence-electron chi connectivity index (χ0n) is 28.1. The average molecular weight is 686 g/mol. The third kappa shape index (κ3) is 5.59. The normalized spacial score (nSPS) is 14.6. The number of para-hydroxylation sites is 1. The average Bonchev–Trinajstić information content (AvgIpc) is 3.63. The number of ether oxygens (including phenoxy) is 1. The lowest BCUT2D eigenvalue weighted by atomic mass is 9.90. The van der Waals surface area contributed by atoms with Gasteiger partial charge in [0, 0.05) is 60.0 Å². The van der Waals surface area contributed by atoms with Gasteiger partial charge < -0.3 is 14.2 Å². The van der Waals surface area contributed by atoms with Crippen LogP contribution in [0.5, 0.6) is 5.75 Å². The monoisotopic (exact) mass is 685 g/mol. The van der Waals surface area contributed by atoms with Crippen LogP contribution in [0.1, 0.15) is 43.5 Å². The van der Waals surface area contributed by atoms with Gasteiger partial charge in [-0.1, -0.05) is 72.0 Å². The molecular formula is C39H35N5O5S. The molecule has 50 heavy (non-hydrogen) atoms. The van der Waals surface area contributed by atoms with E-state index in [1.165, 1.54) is 23.5 Å². The van der Waals surface area contributed by atoms with Gasteiger partial charge in [0.2, 0.25) is 0 Å². The maximum atomic E-state index is 14.7. The first-order chi connectivity index (χ1) is 24.2. The summed E-state index contributed by atoms with van der Waals surface area (Å²) in [5.41, 5.74) is 4.26. The summed E-state index contributed by atoms with van der Waals surface area (Å²) in [6.45, 7) is 7.24. The van der Waals surface area contributed by atoms with Gasteiger partial charge in [-0.2, -0.15) is 0 Å². The molecule has 1 amide bonds. The second kappa shape index (κ2) is 13.2. The van der Waals surface area contributed by atoms with Crippen molar-refractivity contribution in [3.8, 4) is 5.75 Å². The lowest BCUT2D eigenvalue weighted by Crippen LogP contribution is -2.43. The van der Waals surface area contributed by atoms with E-state index in [1.807, 2.05) is 93.7 Å². The Bertz CT molecular complexity index is 2520. The van der Waals surface area contributed by atoms with Gasteiger partial charge in [0.25, 0.3) is 17.2 Å². The first-order valence-corrected chi connectivity index (χ1v) is 17.2. The number of fused-ring (bicyclic) bond motifs is 3. The van der Waals surface area contributed by atoms with Gasteiger partial charge in [0.05, 0.1) is 27.8 Å². The molecule has 0 radical (unpaired) electrons. The highest BCUT2D eigenvalue weighted by atomic mass is 32.1. The Hall–Kier alpha value is -5.81. The molecule has 11 heteroatoms. The minimum absolute atomic E-state index is 0.0405. The number of amides is 1. The standard InChI is InChI=1S/C39H35N5O5S/c1-5-41(6-2)38(46)34-24(3)40-39-43(36(34)35-30-13-8-7-11-26(30)17-20-32(35)49-4)37(45)33(50-39)21-27-23-42(31-14-10-9-12-29(27)31)22-25-15-18-28(19-16-25)44(47)48/h7-21,23,36H,5-6,22H2,1-4H3/b33-21+/t36-/m1/s1. The van der Waals surface area contributed by atoms with Gasteiger partial charge in [-0.05, 0) is 55.3 Å². The quantitative estimate of drug-likeness (QED) is 0.133. The zero-order chi connectivity index (χ0) is 35.1. The second-order valence-electron chi connectivity index (χ2n) is 12.1. The van der Waals surface area contributed by atoms with Gasteiger partial charge in [0.1, 0.15) is 11.8 Å². The SMILES string of the molecule is CCN(CC)C(=O)C1=C(C)N=c2s/c(=C/c3cn(Cc4ccc([N+](=O)[O-])cc4)c4ccccc34)c(=O)n2[C@H]1c1c(OC)ccc2ccccc12. The molecule has 0 aliphatic carbocycles. The number of allylic oxidation sites excluding steroid dienone is 1. The van der Waals surface area contributed by atoms with Crippen molar-refractivity contribution in [3.63, 3.8) is 0 Å². The van der Waals surface area contributed by atoms with Crippen LogP contribution >= 0.6 is 11.3 Å². The number of rotatable bonds is 9. The second-order valence-corrected chi connectivity index (χ2v) is 13.1. The Morgan fingerprint density at radius 3 is 2.40 bits per heavy atom. The molecule has 6 aromatic rings. The van der Waals surface area contributed by atoms with Gasteiger partial charge in [0.15, 0.2) is 4.80 Å². The number of carbonyl (C=O) groups excluding carboxylic acids is 1. The minimum Gasteiger partial charge on any atom is -0.496 e. The third-order valence-corrected chi connectivity index (χ3v) is 10.3. The number of likely N-dealkylation sites (N-methyl/N-ethyl adjacent to an activating group) is 1. The van der Waals surface area contributed by atoms with E-state index in [-0.39, 0.29) is 17.2 Å². The molecule has 1 aliphatic rings. The molecule has 0 bridgehead atoms. The van der Waals surface area contributed by atoms with Crippen LogP contribution in [0.15, 0.2) is 112 Å². The molecule has 0 saturated carbocycles. The fraction of sp³-hybridized carbons (Fsp3) is 0.205. The van der Waals surface area contributed by atoms with Crippen LogP contribution in [0.25, 0.3) is 27.8 Å². The third-order valence-electron chi connectivity index (χ3n) is 9.33. The Morgan fingerprint density at radius 2 is 1.70 bits per heavy atom. The molecule has 252 valence electrons. The number of benzene rings is 4. The lowest BCUT2D eigenvalue weighted by molar-refractivity contribution is -0.384. The predicted octanol–water partition coefficient (Wildman–Crippen LogP) is 6.18. The lowest BCUT2D eigenvalue weighted by Gasteiger charge is -2.30. The largest absolute Gasteiger partial charge is 0.496 e. The van der Waals surface area contributed by atoms with E-state index in [0.717, 1.165) is 38.4 Å². The number of thiazole rings is 1. The molecule has 1 aliphatic heterocycles. The molecule has 3 heterocycles. The van der Waals surface area contributed by atoms with Crippen LogP contribution in [0.4, 0.5) is 5.69 Å². The van der Waals surface area contributed by atoms with Crippen LogP contribution in [0, 0.1) is 10.1 Å². The van der Waals surface area contributed by atoms with Crippen LogP contribution < -0.4 is 19.6 Å². The van der Waals surface area contributed by atoms with Crippen molar-refractivity contribution in [3.05, 3.63) is 149 Å². The Morgan fingerprint density at radius 1 is 1.00 bits per heavy atom. The number of nitro benzene ring substituents is 1. The Labute approximate surface area is 291 Å². The summed E-state index contributed by atoms with van der Waals surface area (Å²) in [6.07, 6.45) is 3.89. The summed E-state index contributed by atoms with van der Waals surface area (Å²) in [5, 5.41) is 14.0. The summed E-state index contributed by atoms with van der Waals surface area (Å²) in [7, 11) is 1.60. The summed E-state index contributed by atoms with van der Waals surface area (Å²) in [4.78, 5) is 46.9. The van der Waals surface area contributed by atoms with Gasteiger partial charge in [-0.3, -0.25) is 24.3 Å². The highest BCUT2D eigenvalue weighted by Crippen LogP contribution is 2.40. The number of aromatic nitrogens is 2. The first-order valence-electron chi connectivity index (χ1n) is 16.4. The Balaban J connectivity index is 1.43. The molecule has 0 fully saturated rings. The number of hydrogen-bond acceptors (Lipinski definition) is 7. The molecule has 0 saturated heterocycles. The number of nitrogens with zero attached hydrogens (tertiary/aromatic N) is 5. The summed E-state index contributed by atoms with van der Waals surface area (Å²) < 4.78 is 10.1. The summed E-state index contributed by atoms with van der Waals surface area (Å²) in [5.74, 6) is 0.414. The van der Waals surface area contributed by atoms with E-state index in [0.29, 0.717) is 46.0 Å². The topological polar surface area (TPSA) is 112 Å². The fourth-order valence-electron chi connectivity index (χ4n) is 6.87. The molecular weight excluding hydrogens is 651 g/mol. The Kier molecular flexibility index (Phi) is 8.67. The number of methoxy groups -OCH3 is 1. The van der Waals surface area contributed by atoms with Crippen LogP contribution in [-0.4, -0.2) is 45.1 Å². The van der Waals surface area contributed by atoms with Crippen LogP contribution in [0.2, 0.25) is 0 Å². The number of nitro groups is 1. The minimum atomic E-state index is -0.772. The predicted molar refractivity (Wildman–Crippen MR) is 196 cm³/mol. The molecule has 1 atom stereocenters. The maximum absolute atomic E-state index is 14.7. The first kappa shape index (κ1) is 32.7. The molecule has 7 rings (SSSR count).